The number of fused-ring (bicyclic) bond motifs is 1. The molecule has 1 N–H and O–H groups in total. The van der Waals surface area contributed by atoms with Crippen molar-refractivity contribution in [3.63, 3.8) is 0 Å². The summed E-state index contributed by atoms with van der Waals surface area (Å²) in [6.45, 7) is 2.17. The first-order chi connectivity index (χ1) is 10.7. The van der Waals surface area contributed by atoms with Gasteiger partial charge in [0.15, 0.2) is 0 Å². The van der Waals surface area contributed by atoms with Crippen molar-refractivity contribution in [1.29, 1.82) is 0 Å². The van der Waals surface area contributed by atoms with E-state index >= 15 is 0 Å². The maximum absolute atomic E-state index is 11.6. The molecule has 1 aromatic heterocycles. The molecule has 3 rings (SSSR count). The van der Waals surface area contributed by atoms with Gasteiger partial charge in [0.1, 0.15) is 0 Å². The summed E-state index contributed by atoms with van der Waals surface area (Å²) in [6.07, 6.45) is 1.90. The summed E-state index contributed by atoms with van der Waals surface area (Å²) >= 11 is 0. The van der Waals surface area contributed by atoms with E-state index in [1.807, 2.05) is 12.1 Å². The highest BCUT2D eigenvalue weighted by molar-refractivity contribution is 5.94. The number of carbonyl (C=O) groups is 1. The molecule has 0 aliphatic carbocycles. The molecule has 0 radical (unpaired) electrons. The predicted molar refractivity (Wildman–Crippen MR) is 88.3 cm³/mol. The summed E-state index contributed by atoms with van der Waals surface area (Å²) in [5.74, 6) is -0.305. The number of aryl methyl sites for hydroxylation is 1. The number of aromatic amines is 1. The Balaban J connectivity index is 1.93. The lowest BCUT2D eigenvalue weighted by atomic mass is 10.0. The van der Waals surface area contributed by atoms with Gasteiger partial charge in [-0.25, -0.2) is 4.79 Å². The first kappa shape index (κ1) is 14.4. The molecule has 3 aromatic rings. The lowest BCUT2D eigenvalue weighted by Gasteiger charge is -2.05. The van der Waals surface area contributed by atoms with Crippen LogP contribution in [0.5, 0.6) is 0 Å². The van der Waals surface area contributed by atoms with Crippen LogP contribution in [-0.2, 0) is 17.6 Å². The number of hydrogen-bond acceptors (Lipinski definition) is 2. The van der Waals surface area contributed by atoms with Crippen LogP contribution in [0.4, 0.5) is 0 Å². The number of hydrogen-bond donors (Lipinski definition) is 1. The predicted octanol–water partition coefficient (Wildman–Crippen LogP) is 4.11. The molecule has 0 aliphatic rings. The molecule has 0 bridgehead atoms. The molecule has 0 spiro atoms. The number of aromatic nitrogens is 1. The van der Waals surface area contributed by atoms with Gasteiger partial charge in [-0.3, -0.25) is 0 Å². The quantitative estimate of drug-likeness (QED) is 0.736. The second-order valence-electron chi connectivity index (χ2n) is 5.39. The number of H-pyrrole nitrogens is 1. The fourth-order valence-corrected chi connectivity index (χ4v) is 2.81. The summed E-state index contributed by atoms with van der Waals surface area (Å²) in [4.78, 5) is 15.0. The number of esters is 1. The van der Waals surface area contributed by atoms with Crippen LogP contribution < -0.4 is 0 Å². The number of carbonyl (C=O) groups excluding carboxylic acids is 1. The molecule has 0 fully saturated rings. The third-order valence-corrected chi connectivity index (χ3v) is 3.98. The minimum Gasteiger partial charge on any atom is -0.465 e. The van der Waals surface area contributed by atoms with Crippen LogP contribution in [0.2, 0.25) is 0 Å². The zero-order valence-corrected chi connectivity index (χ0v) is 12.8. The summed E-state index contributed by atoms with van der Waals surface area (Å²) < 4.78 is 4.77. The van der Waals surface area contributed by atoms with Crippen molar-refractivity contribution in [1.82, 2.24) is 4.98 Å². The second-order valence-corrected chi connectivity index (χ2v) is 5.39. The smallest absolute Gasteiger partial charge is 0.337 e. The largest absolute Gasteiger partial charge is 0.465 e. The first-order valence-electron chi connectivity index (χ1n) is 7.48. The van der Waals surface area contributed by atoms with Crippen molar-refractivity contribution < 1.29 is 9.53 Å². The molecule has 1 heterocycles. The highest BCUT2D eigenvalue weighted by atomic mass is 16.5. The molecule has 0 aliphatic heterocycles. The minimum absolute atomic E-state index is 0.305. The molecule has 22 heavy (non-hydrogen) atoms. The zero-order valence-electron chi connectivity index (χ0n) is 12.8. The molecule has 2 aromatic carbocycles. The molecule has 0 amide bonds. The number of methoxy groups -OCH3 is 1. The van der Waals surface area contributed by atoms with E-state index in [4.69, 9.17) is 4.74 Å². The Morgan fingerprint density at radius 2 is 1.86 bits per heavy atom. The van der Waals surface area contributed by atoms with Gasteiger partial charge in [0.25, 0.3) is 0 Å². The van der Waals surface area contributed by atoms with Gasteiger partial charge in [0, 0.05) is 23.0 Å². The Morgan fingerprint density at radius 3 is 2.59 bits per heavy atom. The van der Waals surface area contributed by atoms with Gasteiger partial charge >= 0.3 is 5.97 Å². The van der Waals surface area contributed by atoms with E-state index in [1.165, 1.54) is 18.2 Å². The Hall–Kier alpha value is -2.55. The van der Waals surface area contributed by atoms with Crippen molar-refractivity contribution in [2.75, 3.05) is 7.11 Å². The normalized spacial score (nSPS) is 10.8. The molecule has 0 saturated heterocycles. The highest BCUT2D eigenvalue weighted by Crippen LogP contribution is 2.21. The van der Waals surface area contributed by atoms with E-state index in [1.54, 1.807) is 6.07 Å². The first-order valence-corrected chi connectivity index (χ1v) is 7.48. The van der Waals surface area contributed by atoms with Gasteiger partial charge in [-0.15, -0.1) is 0 Å². The van der Waals surface area contributed by atoms with Crippen LogP contribution in [-0.4, -0.2) is 18.1 Å². The Kier molecular flexibility index (Phi) is 3.96. The summed E-state index contributed by atoms with van der Waals surface area (Å²) in [6, 6.07) is 16.2. The van der Waals surface area contributed by atoms with Crippen molar-refractivity contribution in [2.24, 2.45) is 0 Å². The van der Waals surface area contributed by atoms with Crippen LogP contribution >= 0.6 is 0 Å². The average Bonchev–Trinajstić information content (AvgIpc) is 2.95. The maximum Gasteiger partial charge on any atom is 0.337 e. The second kappa shape index (κ2) is 6.06. The van der Waals surface area contributed by atoms with Crippen LogP contribution in [0, 0.1) is 0 Å². The Morgan fingerprint density at radius 1 is 1.09 bits per heavy atom. The molecule has 0 atom stereocenters. The number of rotatable bonds is 4. The van der Waals surface area contributed by atoms with Crippen molar-refractivity contribution >= 4 is 16.9 Å². The van der Waals surface area contributed by atoms with Crippen molar-refractivity contribution in [3.8, 4) is 0 Å². The van der Waals surface area contributed by atoms with Gasteiger partial charge in [-0.05, 0) is 41.8 Å². The van der Waals surface area contributed by atoms with Gasteiger partial charge < -0.3 is 9.72 Å². The monoisotopic (exact) mass is 293 g/mol. The molecule has 112 valence electrons. The summed E-state index contributed by atoms with van der Waals surface area (Å²) in [7, 11) is 1.40. The molecular weight excluding hydrogens is 274 g/mol. The number of benzene rings is 2. The third kappa shape index (κ3) is 2.75. The van der Waals surface area contributed by atoms with Crippen molar-refractivity contribution in [2.45, 2.75) is 19.8 Å². The summed E-state index contributed by atoms with van der Waals surface area (Å²) in [5.41, 5.74) is 5.48. The SMILES string of the molecule is CCc1ccccc1Cc1cc2cc(C(=O)OC)ccc2[nH]1. The number of ether oxygens (including phenoxy) is 1. The van der Waals surface area contributed by atoms with Gasteiger partial charge in [0.2, 0.25) is 0 Å². The zero-order chi connectivity index (χ0) is 15.5. The molecular formula is C19H19NO2. The van der Waals surface area contributed by atoms with Gasteiger partial charge in [-0.1, -0.05) is 31.2 Å². The highest BCUT2D eigenvalue weighted by Gasteiger charge is 2.09. The Bertz CT molecular complexity index is 817. The maximum atomic E-state index is 11.6. The lowest BCUT2D eigenvalue weighted by molar-refractivity contribution is 0.0601. The minimum atomic E-state index is -0.305. The lowest BCUT2D eigenvalue weighted by Crippen LogP contribution is -2.00. The van der Waals surface area contributed by atoms with Crippen LogP contribution in [0.1, 0.15) is 34.1 Å². The van der Waals surface area contributed by atoms with E-state index in [0.717, 1.165) is 29.4 Å². The van der Waals surface area contributed by atoms with E-state index in [9.17, 15) is 4.79 Å². The Labute approximate surface area is 129 Å². The molecule has 3 nitrogen and oxygen atoms in total. The number of nitrogens with one attached hydrogen (secondary N) is 1. The standard InChI is InChI=1S/C19H19NO2/c1-3-13-6-4-5-7-14(13)11-17-12-16-10-15(19(21)22-2)8-9-18(16)20-17/h4-10,12,20H,3,11H2,1-2H3. The molecule has 0 unspecified atom stereocenters. The summed E-state index contributed by atoms with van der Waals surface area (Å²) in [5, 5.41) is 1.03. The van der Waals surface area contributed by atoms with Crippen molar-refractivity contribution in [3.05, 3.63) is 70.9 Å². The van der Waals surface area contributed by atoms with E-state index in [2.05, 4.69) is 42.2 Å². The van der Waals surface area contributed by atoms with Crippen LogP contribution in [0.3, 0.4) is 0 Å². The third-order valence-electron chi connectivity index (χ3n) is 3.98. The van der Waals surface area contributed by atoms with E-state index in [-0.39, 0.29) is 5.97 Å². The van der Waals surface area contributed by atoms with Crippen LogP contribution in [0.25, 0.3) is 10.9 Å². The fraction of sp³-hybridized carbons (Fsp3) is 0.211. The topological polar surface area (TPSA) is 42.1 Å². The molecule has 3 heteroatoms. The van der Waals surface area contributed by atoms with Crippen LogP contribution in [0.15, 0.2) is 48.5 Å². The van der Waals surface area contributed by atoms with E-state index < -0.39 is 0 Å². The van der Waals surface area contributed by atoms with Gasteiger partial charge in [-0.2, -0.15) is 0 Å². The average molecular weight is 293 g/mol. The fourth-order valence-electron chi connectivity index (χ4n) is 2.81. The van der Waals surface area contributed by atoms with E-state index in [0.29, 0.717) is 5.56 Å². The van der Waals surface area contributed by atoms with Gasteiger partial charge in [0.05, 0.1) is 12.7 Å². The molecule has 0 saturated carbocycles.